The molecule has 0 aromatic carbocycles. The maximum Gasteiger partial charge on any atom is 0.136 e. The zero-order valence-corrected chi connectivity index (χ0v) is 14.8. The minimum atomic E-state index is 0. The van der Waals surface area contributed by atoms with Gasteiger partial charge in [-0.15, -0.1) is 12.4 Å². The second kappa shape index (κ2) is 8.30. The lowest BCUT2D eigenvalue weighted by Crippen LogP contribution is -2.51. The standard InChI is InChI=1S/C18H26N4O.ClH/c1-2-10-22-12-14(21-18(22)6-1)7-8-19-16-5-3-4-15(16)17-13-23-11-9-20-17;/h1-2,6,10,12,15-17,19-20H,3-5,7-9,11,13H2;1H. The van der Waals surface area contributed by atoms with Crippen molar-refractivity contribution in [3.05, 3.63) is 36.3 Å². The van der Waals surface area contributed by atoms with Crippen LogP contribution in [0.3, 0.4) is 0 Å². The first kappa shape index (κ1) is 17.7. The van der Waals surface area contributed by atoms with E-state index in [4.69, 9.17) is 4.74 Å². The summed E-state index contributed by atoms with van der Waals surface area (Å²) < 4.78 is 7.74. The summed E-state index contributed by atoms with van der Waals surface area (Å²) in [7, 11) is 0. The summed E-state index contributed by atoms with van der Waals surface area (Å²) in [6.07, 6.45) is 9.11. The van der Waals surface area contributed by atoms with Gasteiger partial charge in [-0.05, 0) is 30.9 Å². The Morgan fingerprint density at radius 1 is 1.33 bits per heavy atom. The molecule has 2 aromatic heterocycles. The van der Waals surface area contributed by atoms with Gasteiger partial charge in [-0.25, -0.2) is 4.98 Å². The van der Waals surface area contributed by atoms with Crippen molar-refractivity contribution in [2.45, 2.75) is 37.8 Å². The summed E-state index contributed by atoms with van der Waals surface area (Å²) >= 11 is 0. The second-order valence-corrected chi connectivity index (χ2v) is 6.74. The Morgan fingerprint density at radius 2 is 2.29 bits per heavy atom. The quantitative estimate of drug-likeness (QED) is 0.866. The van der Waals surface area contributed by atoms with E-state index in [-0.39, 0.29) is 12.4 Å². The Bertz CT molecular complexity index is 608. The molecule has 4 rings (SSSR count). The fraction of sp³-hybridized carbons (Fsp3) is 0.611. The number of pyridine rings is 1. The van der Waals surface area contributed by atoms with Gasteiger partial charge in [-0.2, -0.15) is 0 Å². The Balaban J connectivity index is 0.00000169. The highest BCUT2D eigenvalue weighted by Crippen LogP contribution is 2.29. The van der Waals surface area contributed by atoms with Gasteiger partial charge < -0.3 is 19.8 Å². The highest BCUT2D eigenvalue weighted by Gasteiger charge is 2.34. The summed E-state index contributed by atoms with van der Waals surface area (Å²) in [6, 6.07) is 7.27. The predicted molar refractivity (Wildman–Crippen MR) is 97.9 cm³/mol. The SMILES string of the molecule is Cl.c1ccn2cc(CCNC3CCCC3C3COCCN3)nc2c1. The molecule has 2 aromatic rings. The van der Waals surface area contributed by atoms with Crippen molar-refractivity contribution in [2.75, 3.05) is 26.3 Å². The molecule has 0 bridgehead atoms. The number of morpholine rings is 1. The average Bonchev–Trinajstić information content (AvgIpc) is 3.22. The van der Waals surface area contributed by atoms with Gasteiger partial charge in [-0.3, -0.25) is 0 Å². The van der Waals surface area contributed by atoms with Crippen LogP contribution in [0.2, 0.25) is 0 Å². The summed E-state index contributed by atoms with van der Waals surface area (Å²) in [6.45, 7) is 3.72. The molecule has 2 aliphatic rings. The number of hydrogen-bond donors (Lipinski definition) is 2. The molecule has 24 heavy (non-hydrogen) atoms. The van der Waals surface area contributed by atoms with Gasteiger partial charge in [0.25, 0.3) is 0 Å². The van der Waals surface area contributed by atoms with Gasteiger partial charge in [0.15, 0.2) is 0 Å². The number of nitrogens with one attached hydrogen (secondary N) is 2. The second-order valence-electron chi connectivity index (χ2n) is 6.74. The summed E-state index contributed by atoms with van der Waals surface area (Å²) in [5.41, 5.74) is 2.20. The molecular weight excluding hydrogens is 324 g/mol. The molecule has 132 valence electrons. The lowest BCUT2D eigenvalue weighted by atomic mass is 9.94. The number of halogens is 1. The molecule has 0 spiro atoms. The number of aromatic nitrogens is 2. The predicted octanol–water partition coefficient (Wildman–Crippen LogP) is 2.05. The third-order valence-corrected chi connectivity index (χ3v) is 5.24. The van der Waals surface area contributed by atoms with E-state index in [2.05, 4.69) is 38.5 Å². The van der Waals surface area contributed by atoms with Crippen LogP contribution in [0.1, 0.15) is 25.0 Å². The third-order valence-electron chi connectivity index (χ3n) is 5.24. The number of fused-ring (bicyclic) bond motifs is 1. The van der Waals surface area contributed by atoms with Crippen molar-refractivity contribution in [1.82, 2.24) is 20.0 Å². The molecule has 1 saturated heterocycles. The van der Waals surface area contributed by atoms with E-state index in [0.717, 1.165) is 44.1 Å². The van der Waals surface area contributed by atoms with Gasteiger partial charge in [0.05, 0.1) is 18.9 Å². The minimum Gasteiger partial charge on any atom is -0.379 e. The van der Waals surface area contributed by atoms with Gasteiger partial charge in [0, 0.05) is 44.0 Å². The number of nitrogens with zero attached hydrogens (tertiary/aromatic N) is 2. The fourth-order valence-corrected chi connectivity index (χ4v) is 4.08. The fourth-order valence-electron chi connectivity index (χ4n) is 4.08. The number of ether oxygens (including phenoxy) is 1. The maximum absolute atomic E-state index is 5.65. The van der Waals surface area contributed by atoms with Crippen LogP contribution in [0, 0.1) is 5.92 Å². The highest BCUT2D eigenvalue weighted by molar-refractivity contribution is 5.85. The van der Waals surface area contributed by atoms with E-state index in [0.29, 0.717) is 18.0 Å². The number of rotatable bonds is 5. The molecule has 0 radical (unpaired) electrons. The van der Waals surface area contributed by atoms with E-state index in [1.54, 1.807) is 0 Å². The molecule has 2 fully saturated rings. The van der Waals surface area contributed by atoms with Crippen LogP contribution in [-0.4, -0.2) is 47.8 Å². The zero-order valence-electron chi connectivity index (χ0n) is 14.0. The van der Waals surface area contributed by atoms with E-state index < -0.39 is 0 Å². The summed E-state index contributed by atoms with van der Waals surface area (Å²) in [5, 5.41) is 7.41. The average molecular weight is 351 g/mol. The first-order valence-corrected chi connectivity index (χ1v) is 8.87. The van der Waals surface area contributed by atoms with E-state index >= 15 is 0 Å². The Morgan fingerprint density at radius 3 is 3.12 bits per heavy atom. The van der Waals surface area contributed by atoms with Gasteiger partial charge >= 0.3 is 0 Å². The van der Waals surface area contributed by atoms with Crippen LogP contribution in [0.25, 0.3) is 5.65 Å². The Kier molecular flexibility index (Phi) is 6.11. The van der Waals surface area contributed by atoms with Crippen molar-refractivity contribution in [2.24, 2.45) is 5.92 Å². The first-order valence-electron chi connectivity index (χ1n) is 8.87. The molecule has 1 aliphatic heterocycles. The topological polar surface area (TPSA) is 50.6 Å². The van der Waals surface area contributed by atoms with Crippen molar-refractivity contribution >= 4 is 18.1 Å². The molecule has 5 nitrogen and oxygen atoms in total. The van der Waals surface area contributed by atoms with Crippen molar-refractivity contribution in [3.8, 4) is 0 Å². The van der Waals surface area contributed by atoms with Crippen LogP contribution < -0.4 is 10.6 Å². The zero-order chi connectivity index (χ0) is 15.5. The van der Waals surface area contributed by atoms with Gasteiger partial charge in [0.2, 0.25) is 0 Å². The number of imidazole rings is 1. The summed E-state index contributed by atoms with van der Waals surface area (Å²) in [4.78, 5) is 4.68. The summed E-state index contributed by atoms with van der Waals surface area (Å²) in [5.74, 6) is 0.705. The lowest BCUT2D eigenvalue weighted by Gasteiger charge is -2.33. The molecule has 1 saturated carbocycles. The normalized spacial score (nSPS) is 27.2. The van der Waals surface area contributed by atoms with E-state index in [1.165, 1.54) is 19.3 Å². The van der Waals surface area contributed by atoms with Crippen LogP contribution in [0.4, 0.5) is 0 Å². The Hall–Kier alpha value is -1.14. The van der Waals surface area contributed by atoms with E-state index in [1.807, 2.05) is 12.1 Å². The molecule has 1 aliphatic carbocycles. The highest BCUT2D eigenvalue weighted by atomic mass is 35.5. The van der Waals surface area contributed by atoms with Crippen molar-refractivity contribution in [3.63, 3.8) is 0 Å². The molecule has 6 heteroatoms. The van der Waals surface area contributed by atoms with E-state index in [9.17, 15) is 0 Å². The first-order chi connectivity index (χ1) is 11.4. The third kappa shape index (κ3) is 3.91. The maximum atomic E-state index is 5.65. The molecule has 3 unspecified atom stereocenters. The molecule has 3 heterocycles. The minimum absolute atomic E-state index is 0. The van der Waals surface area contributed by atoms with Gasteiger partial charge in [0.1, 0.15) is 5.65 Å². The van der Waals surface area contributed by atoms with Crippen molar-refractivity contribution < 1.29 is 4.74 Å². The molecule has 2 N–H and O–H groups in total. The molecular formula is C18H27ClN4O. The monoisotopic (exact) mass is 350 g/mol. The van der Waals surface area contributed by atoms with Gasteiger partial charge in [-0.1, -0.05) is 12.5 Å². The largest absolute Gasteiger partial charge is 0.379 e. The molecule has 0 amide bonds. The van der Waals surface area contributed by atoms with Crippen LogP contribution in [0.15, 0.2) is 30.6 Å². The van der Waals surface area contributed by atoms with Crippen LogP contribution >= 0.6 is 12.4 Å². The smallest absolute Gasteiger partial charge is 0.136 e. The molecule has 3 atom stereocenters. The lowest BCUT2D eigenvalue weighted by molar-refractivity contribution is 0.0526. The van der Waals surface area contributed by atoms with Crippen LogP contribution in [-0.2, 0) is 11.2 Å². The number of hydrogen-bond acceptors (Lipinski definition) is 4. The van der Waals surface area contributed by atoms with Crippen LogP contribution in [0.5, 0.6) is 0 Å². The van der Waals surface area contributed by atoms with Crippen molar-refractivity contribution in [1.29, 1.82) is 0 Å². The Labute approximate surface area is 149 Å².